The van der Waals surface area contributed by atoms with Gasteiger partial charge in [0.2, 0.25) is 5.91 Å². The van der Waals surface area contributed by atoms with Gasteiger partial charge >= 0.3 is 0 Å². The molecule has 1 aromatic heterocycles. The van der Waals surface area contributed by atoms with E-state index in [1.165, 1.54) is 18.9 Å². The summed E-state index contributed by atoms with van der Waals surface area (Å²) in [5, 5.41) is 3.97. The normalized spacial score (nSPS) is 12.2. The molecule has 31 heavy (non-hydrogen) atoms. The highest BCUT2D eigenvalue weighted by molar-refractivity contribution is 8.00. The maximum Gasteiger partial charge on any atom is 0.262 e. The molecule has 1 N–H and O–H groups in total. The lowest BCUT2D eigenvalue weighted by atomic mass is 10.1. The van der Waals surface area contributed by atoms with Crippen LogP contribution in [0.3, 0.4) is 0 Å². The predicted molar refractivity (Wildman–Crippen MR) is 127 cm³/mol. The van der Waals surface area contributed by atoms with Crippen LogP contribution in [0.2, 0.25) is 5.02 Å². The Balaban J connectivity index is 1.89. The smallest absolute Gasteiger partial charge is 0.262 e. The number of aromatic nitrogens is 2. The second kappa shape index (κ2) is 10.2. The van der Waals surface area contributed by atoms with Gasteiger partial charge in [0.1, 0.15) is 5.75 Å². The number of nitrogens with one attached hydrogen (secondary N) is 1. The van der Waals surface area contributed by atoms with Gasteiger partial charge in [-0.1, -0.05) is 49.3 Å². The lowest BCUT2D eigenvalue weighted by molar-refractivity contribution is -0.115. The lowest BCUT2D eigenvalue weighted by Crippen LogP contribution is -2.27. The summed E-state index contributed by atoms with van der Waals surface area (Å²) in [6.45, 7) is 6.56. The Kier molecular flexibility index (Phi) is 7.62. The molecular weight excluding hydrogens is 434 g/mol. The molecule has 0 bridgehead atoms. The van der Waals surface area contributed by atoms with Crippen LogP contribution in [0.5, 0.6) is 5.75 Å². The maximum atomic E-state index is 13.1. The van der Waals surface area contributed by atoms with Gasteiger partial charge in [-0.3, -0.25) is 14.2 Å². The number of hydrogen-bond donors (Lipinski definition) is 1. The molecule has 0 aliphatic heterocycles. The van der Waals surface area contributed by atoms with E-state index in [2.05, 4.69) is 19.2 Å². The number of benzene rings is 2. The van der Waals surface area contributed by atoms with E-state index < -0.39 is 5.25 Å². The van der Waals surface area contributed by atoms with Crippen molar-refractivity contribution >= 4 is 45.9 Å². The number of ether oxygens (including phenoxy) is 1. The summed E-state index contributed by atoms with van der Waals surface area (Å²) in [7, 11) is 1.53. The SMILES string of the molecule is COc1ccc(Cl)cc1NC(=O)C(C)Sc1nc2ccccc2c(=O)n1CCC(C)C. The van der Waals surface area contributed by atoms with Gasteiger partial charge in [0, 0.05) is 11.6 Å². The summed E-state index contributed by atoms with van der Waals surface area (Å²) in [6.07, 6.45) is 0.841. The molecule has 0 aliphatic carbocycles. The molecule has 0 saturated carbocycles. The number of hydrogen-bond acceptors (Lipinski definition) is 5. The quantitative estimate of drug-likeness (QED) is 0.369. The van der Waals surface area contributed by atoms with Crippen LogP contribution in [-0.4, -0.2) is 27.8 Å². The number of fused-ring (bicyclic) bond motifs is 1. The fourth-order valence-corrected chi connectivity index (χ4v) is 4.15. The Morgan fingerprint density at radius 3 is 2.68 bits per heavy atom. The predicted octanol–water partition coefficient (Wildman–Crippen LogP) is 5.22. The number of rotatable bonds is 8. The summed E-state index contributed by atoms with van der Waals surface area (Å²) in [5.74, 6) is 0.725. The number of nitrogens with zero attached hydrogens (tertiary/aromatic N) is 2. The molecule has 1 atom stereocenters. The summed E-state index contributed by atoms with van der Waals surface area (Å²) >= 11 is 7.32. The first kappa shape index (κ1) is 23.2. The Morgan fingerprint density at radius 1 is 1.23 bits per heavy atom. The molecule has 2 aromatic carbocycles. The first-order valence-electron chi connectivity index (χ1n) is 10.1. The van der Waals surface area contributed by atoms with Crippen molar-refractivity contribution in [3.05, 3.63) is 57.8 Å². The molecule has 6 nitrogen and oxygen atoms in total. The topological polar surface area (TPSA) is 73.2 Å². The first-order valence-corrected chi connectivity index (χ1v) is 11.4. The van der Waals surface area contributed by atoms with Crippen molar-refractivity contribution in [2.24, 2.45) is 5.92 Å². The standard InChI is InChI=1S/C23H26ClN3O3S/c1-14(2)11-12-27-22(29)17-7-5-6-8-18(17)26-23(27)31-15(3)21(28)25-19-13-16(24)9-10-20(19)30-4/h5-10,13-15H,11-12H2,1-4H3,(H,25,28). The average molecular weight is 460 g/mol. The average Bonchev–Trinajstić information content (AvgIpc) is 2.73. The zero-order valence-corrected chi connectivity index (χ0v) is 19.6. The van der Waals surface area contributed by atoms with Crippen molar-refractivity contribution in [1.29, 1.82) is 0 Å². The van der Waals surface area contributed by atoms with Crippen molar-refractivity contribution < 1.29 is 9.53 Å². The van der Waals surface area contributed by atoms with Crippen LogP contribution in [0.4, 0.5) is 5.69 Å². The number of methoxy groups -OCH3 is 1. The monoisotopic (exact) mass is 459 g/mol. The minimum atomic E-state index is -0.498. The van der Waals surface area contributed by atoms with Crippen LogP contribution in [0.15, 0.2) is 52.4 Å². The van der Waals surface area contributed by atoms with Crippen LogP contribution in [0.1, 0.15) is 27.2 Å². The van der Waals surface area contributed by atoms with Crippen molar-refractivity contribution in [2.75, 3.05) is 12.4 Å². The fourth-order valence-electron chi connectivity index (χ4n) is 3.05. The van der Waals surface area contributed by atoms with E-state index in [-0.39, 0.29) is 11.5 Å². The highest BCUT2D eigenvalue weighted by Gasteiger charge is 2.21. The fraction of sp³-hybridized carbons (Fsp3) is 0.348. The third-order valence-electron chi connectivity index (χ3n) is 4.83. The van der Waals surface area contributed by atoms with Gasteiger partial charge in [-0.15, -0.1) is 0 Å². The van der Waals surface area contributed by atoms with Crippen LogP contribution >= 0.6 is 23.4 Å². The zero-order valence-electron chi connectivity index (χ0n) is 18.0. The highest BCUT2D eigenvalue weighted by Crippen LogP contribution is 2.29. The molecule has 0 fully saturated rings. The Hall–Kier alpha value is -2.51. The Bertz CT molecular complexity index is 1150. The van der Waals surface area contributed by atoms with Gasteiger partial charge in [-0.05, 0) is 49.6 Å². The van der Waals surface area contributed by atoms with Crippen LogP contribution in [-0.2, 0) is 11.3 Å². The molecule has 0 spiro atoms. The number of carbonyl (C=O) groups excluding carboxylic acids is 1. The Morgan fingerprint density at radius 2 is 1.97 bits per heavy atom. The second-order valence-corrected chi connectivity index (χ2v) is 9.39. The van der Waals surface area contributed by atoms with E-state index in [4.69, 9.17) is 21.3 Å². The highest BCUT2D eigenvalue weighted by atomic mass is 35.5. The number of amides is 1. The summed E-state index contributed by atoms with van der Waals surface area (Å²) in [6, 6.07) is 12.3. The van der Waals surface area contributed by atoms with Gasteiger partial charge in [0.15, 0.2) is 5.16 Å². The lowest BCUT2D eigenvalue weighted by Gasteiger charge is -2.18. The van der Waals surface area contributed by atoms with Crippen molar-refractivity contribution in [1.82, 2.24) is 9.55 Å². The molecule has 0 saturated heterocycles. The molecule has 1 heterocycles. The molecule has 1 amide bonds. The second-order valence-electron chi connectivity index (χ2n) is 7.64. The molecular formula is C23H26ClN3O3S. The van der Waals surface area contributed by atoms with Gasteiger partial charge in [0.05, 0.1) is 29.0 Å². The van der Waals surface area contributed by atoms with Gasteiger partial charge < -0.3 is 10.1 Å². The molecule has 0 radical (unpaired) electrons. The van der Waals surface area contributed by atoms with Crippen molar-refractivity contribution in [3.8, 4) is 5.75 Å². The summed E-state index contributed by atoms with van der Waals surface area (Å²) < 4.78 is 6.98. The first-order chi connectivity index (χ1) is 14.8. The van der Waals surface area contributed by atoms with Crippen molar-refractivity contribution in [2.45, 2.75) is 44.1 Å². The summed E-state index contributed by atoms with van der Waals surface area (Å²) in [5.41, 5.74) is 1.04. The molecule has 8 heteroatoms. The van der Waals surface area contributed by atoms with E-state index in [1.807, 2.05) is 18.2 Å². The third-order valence-corrected chi connectivity index (χ3v) is 6.15. The van der Waals surface area contributed by atoms with Crippen LogP contribution < -0.4 is 15.6 Å². The number of anilines is 1. The number of para-hydroxylation sites is 1. The molecule has 3 rings (SSSR count). The van der Waals surface area contributed by atoms with Crippen LogP contribution in [0.25, 0.3) is 10.9 Å². The zero-order chi connectivity index (χ0) is 22.5. The van der Waals surface area contributed by atoms with E-state index in [0.29, 0.717) is 45.0 Å². The molecule has 164 valence electrons. The van der Waals surface area contributed by atoms with Crippen LogP contribution in [0, 0.1) is 5.92 Å². The van der Waals surface area contributed by atoms with Gasteiger partial charge in [-0.2, -0.15) is 0 Å². The number of halogens is 1. The van der Waals surface area contributed by atoms with E-state index in [9.17, 15) is 9.59 Å². The molecule has 1 unspecified atom stereocenters. The third kappa shape index (κ3) is 5.60. The minimum absolute atomic E-state index is 0.0853. The molecule has 0 aliphatic rings. The largest absolute Gasteiger partial charge is 0.495 e. The maximum absolute atomic E-state index is 13.1. The number of thioether (sulfide) groups is 1. The number of carbonyl (C=O) groups is 1. The minimum Gasteiger partial charge on any atom is -0.495 e. The van der Waals surface area contributed by atoms with Gasteiger partial charge in [-0.25, -0.2) is 4.98 Å². The summed E-state index contributed by atoms with van der Waals surface area (Å²) in [4.78, 5) is 30.7. The van der Waals surface area contributed by atoms with Gasteiger partial charge in [0.25, 0.3) is 5.56 Å². The Labute approximate surface area is 191 Å². The van der Waals surface area contributed by atoms with E-state index in [0.717, 1.165) is 6.42 Å². The van der Waals surface area contributed by atoms with E-state index >= 15 is 0 Å². The van der Waals surface area contributed by atoms with E-state index in [1.54, 1.807) is 35.8 Å². The van der Waals surface area contributed by atoms with Crippen molar-refractivity contribution in [3.63, 3.8) is 0 Å². The molecule has 3 aromatic rings.